The third-order valence-corrected chi connectivity index (χ3v) is 6.08. The van der Waals surface area contributed by atoms with Gasteiger partial charge < -0.3 is 0 Å². The largest absolute Gasteiger partial charge is 0.298 e. The zero-order valence-corrected chi connectivity index (χ0v) is 16.9. The fourth-order valence-corrected chi connectivity index (χ4v) is 4.54. The number of thiazole rings is 1. The first-order valence-electron chi connectivity index (χ1n) is 8.78. The van der Waals surface area contributed by atoms with Gasteiger partial charge in [0.05, 0.1) is 11.3 Å². The number of hydrogen-bond acceptors (Lipinski definition) is 5. The third kappa shape index (κ3) is 4.28. The second kappa shape index (κ2) is 8.67. The molecule has 29 heavy (non-hydrogen) atoms. The van der Waals surface area contributed by atoms with Crippen molar-refractivity contribution in [1.82, 2.24) is 19.7 Å². The summed E-state index contributed by atoms with van der Waals surface area (Å²) in [5, 5.41) is 11.9. The van der Waals surface area contributed by atoms with Crippen LogP contribution in [0.5, 0.6) is 0 Å². The lowest BCUT2D eigenvalue weighted by Crippen LogP contribution is -2.01. The van der Waals surface area contributed by atoms with E-state index in [-0.39, 0.29) is 11.6 Å². The molecule has 8 heteroatoms. The quantitative estimate of drug-likeness (QED) is 0.276. The standard InChI is InChI=1S/C21H16F2N4S2/c1-2-11-27-19(17-5-3-4-6-18(17)23)25-26-21(27)29-13-16-12-28-20(24-16)14-7-9-15(22)10-8-14/h2-10,12H,1,11,13H2. The fraction of sp³-hybridized carbons (Fsp3) is 0.0952. The number of aromatic nitrogens is 4. The topological polar surface area (TPSA) is 43.6 Å². The summed E-state index contributed by atoms with van der Waals surface area (Å²) in [5.41, 5.74) is 2.17. The smallest absolute Gasteiger partial charge is 0.192 e. The predicted octanol–water partition coefficient (Wildman–Crippen LogP) is 5.83. The van der Waals surface area contributed by atoms with Crippen molar-refractivity contribution in [2.75, 3.05) is 0 Å². The van der Waals surface area contributed by atoms with Crippen LogP contribution in [0.4, 0.5) is 8.78 Å². The predicted molar refractivity (Wildman–Crippen MR) is 113 cm³/mol. The normalized spacial score (nSPS) is 11.0. The Bertz CT molecular complexity index is 1140. The summed E-state index contributed by atoms with van der Waals surface area (Å²) in [6.07, 6.45) is 1.73. The first kappa shape index (κ1) is 19.5. The van der Waals surface area contributed by atoms with Crippen LogP contribution in [-0.4, -0.2) is 19.7 Å². The minimum absolute atomic E-state index is 0.270. The van der Waals surface area contributed by atoms with Gasteiger partial charge in [0.2, 0.25) is 0 Å². The summed E-state index contributed by atoms with van der Waals surface area (Å²) in [6, 6.07) is 12.8. The maximum absolute atomic E-state index is 14.2. The highest BCUT2D eigenvalue weighted by Gasteiger charge is 2.17. The van der Waals surface area contributed by atoms with Crippen LogP contribution in [0, 0.1) is 11.6 Å². The highest BCUT2D eigenvalue weighted by Crippen LogP contribution is 2.30. The van der Waals surface area contributed by atoms with Crippen LogP contribution in [0.15, 0.2) is 71.7 Å². The molecule has 2 heterocycles. The first-order valence-corrected chi connectivity index (χ1v) is 10.6. The lowest BCUT2D eigenvalue weighted by molar-refractivity contribution is 0.626. The number of rotatable bonds is 7. The minimum atomic E-state index is -0.342. The van der Waals surface area contributed by atoms with Crippen LogP contribution in [0.1, 0.15) is 5.69 Å². The van der Waals surface area contributed by atoms with Crippen molar-refractivity contribution in [3.63, 3.8) is 0 Å². The van der Waals surface area contributed by atoms with Gasteiger partial charge in [-0.2, -0.15) is 0 Å². The Morgan fingerprint density at radius 2 is 1.86 bits per heavy atom. The molecule has 2 aromatic heterocycles. The molecule has 0 aliphatic carbocycles. The van der Waals surface area contributed by atoms with Gasteiger partial charge in [0.25, 0.3) is 0 Å². The number of halogens is 2. The van der Waals surface area contributed by atoms with E-state index >= 15 is 0 Å². The average Bonchev–Trinajstić information content (AvgIpc) is 3.35. The van der Waals surface area contributed by atoms with Gasteiger partial charge in [-0.25, -0.2) is 13.8 Å². The van der Waals surface area contributed by atoms with E-state index in [9.17, 15) is 8.78 Å². The van der Waals surface area contributed by atoms with Gasteiger partial charge in [0.15, 0.2) is 11.0 Å². The molecular formula is C21H16F2N4S2. The Labute approximate surface area is 175 Å². The molecule has 0 atom stereocenters. The lowest BCUT2D eigenvalue weighted by Gasteiger charge is -2.07. The van der Waals surface area contributed by atoms with Gasteiger partial charge in [0.1, 0.15) is 16.6 Å². The summed E-state index contributed by atoms with van der Waals surface area (Å²) in [7, 11) is 0. The Hall–Kier alpha value is -2.84. The summed E-state index contributed by atoms with van der Waals surface area (Å²) in [6.45, 7) is 4.25. The molecule has 0 unspecified atom stereocenters. The number of allylic oxidation sites excluding steroid dienone is 1. The van der Waals surface area contributed by atoms with E-state index < -0.39 is 0 Å². The second-order valence-corrected chi connectivity index (χ2v) is 7.93. The Balaban J connectivity index is 1.54. The van der Waals surface area contributed by atoms with Crippen molar-refractivity contribution in [3.05, 3.63) is 83.9 Å². The summed E-state index contributed by atoms with van der Waals surface area (Å²) in [4.78, 5) is 4.62. The molecule has 0 bridgehead atoms. The molecule has 0 saturated carbocycles. The SMILES string of the molecule is C=CCn1c(SCc2csc(-c3ccc(F)cc3)n2)nnc1-c1ccccc1F. The number of benzene rings is 2. The van der Waals surface area contributed by atoms with Crippen molar-refractivity contribution >= 4 is 23.1 Å². The van der Waals surface area contributed by atoms with E-state index in [1.54, 1.807) is 36.4 Å². The van der Waals surface area contributed by atoms with Gasteiger partial charge in [0, 0.05) is 23.2 Å². The fourth-order valence-electron chi connectivity index (χ4n) is 2.77. The summed E-state index contributed by atoms with van der Waals surface area (Å²) in [5.74, 6) is 0.443. The van der Waals surface area contributed by atoms with Crippen molar-refractivity contribution in [2.45, 2.75) is 17.5 Å². The monoisotopic (exact) mass is 426 g/mol. The molecule has 146 valence electrons. The Morgan fingerprint density at radius 1 is 1.07 bits per heavy atom. The molecule has 2 aromatic carbocycles. The van der Waals surface area contributed by atoms with Crippen LogP contribution in [0.25, 0.3) is 22.0 Å². The van der Waals surface area contributed by atoms with E-state index in [4.69, 9.17) is 0 Å². The molecule has 0 aliphatic heterocycles. The van der Waals surface area contributed by atoms with E-state index in [2.05, 4.69) is 21.8 Å². The molecule has 0 fully saturated rings. The Morgan fingerprint density at radius 3 is 2.62 bits per heavy atom. The van der Waals surface area contributed by atoms with Crippen molar-refractivity contribution in [2.24, 2.45) is 0 Å². The van der Waals surface area contributed by atoms with Crippen LogP contribution < -0.4 is 0 Å². The lowest BCUT2D eigenvalue weighted by atomic mass is 10.2. The van der Waals surface area contributed by atoms with Gasteiger partial charge in [-0.1, -0.05) is 30.0 Å². The molecule has 4 rings (SSSR count). The number of thioether (sulfide) groups is 1. The molecule has 4 aromatic rings. The molecule has 0 aliphatic rings. The molecule has 4 nitrogen and oxygen atoms in total. The molecule has 0 radical (unpaired) electrons. The molecule has 0 N–H and O–H groups in total. The van der Waals surface area contributed by atoms with Crippen LogP contribution in [0.3, 0.4) is 0 Å². The van der Waals surface area contributed by atoms with E-state index in [0.29, 0.717) is 28.8 Å². The van der Waals surface area contributed by atoms with Gasteiger partial charge in [-0.15, -0.1) is 28.1 Å². The van der Waals surface area contributed by atoms with Gasteiger partial charge in [-0.3, -0.25) is 4.57 Å². The van der Waals surface area contributed by atoms with Crippen molar-refractivity contribution in [1.29, 1.82) is 0 Å². The average molecular weight is 427 g/mol. The highest BCUT2D eigenvalue weighted by atomic mass is 32.2. The van der Waals surface area contributed by atoms with Crippen molar-refractivity contribution in [3.8, 4) is 22.0 Å². The zero-order valence-electron chi connectivity index (χ0n) is 15.3. The molecular weight excluding hydrogens is 410 g/mol. The van der Waals surface area contributed by atoms with E-state index in [1.807, 2.05) is 9.95 Å². The van der Waals surface area contributed by atoms with Crippen LogP contribution >= 0.6 is 23.1 Å². The highest BCUT2D eigenvalue weighted by molar-refractivity contribution is 7.98. The Kier molecular flexibility index (Phi) is 5.82. The van der Waals surface area contributed by atoms with Crippen LogP contribution in [-0.2, 0) is 12.3 Å². The van der Waals surface area contributed by atoms with E-state index in [1.165, 1.54) is 41.3 Å². The molecule has 0 saturated heterocycles. The van der Waals surface area contributed by atoms with E-state index in [0.717, 1.165) is 16.3 Å². The summed E-state index contributed by atoms with van der Waals surface area (Å²) >= 11 is 2.98. The summed E-state index contributed by atoms with van der Waals surface area (Å²) < 4.78 is 29.1. The first-order chi connectivity index (χ1) is 14.2. The van der Waals surface area contributed by atoms with Gasteiger partial charge >= 0.3 is 0 Å². The van der Waals surface area contributed by atoms with Gasteiger partial charge in [-0.05, 0) is 36.4 Å². The van der Waals surface area contributed by atoms with Crippen molar-refractivity contribution < 1.29 is 8.78 Å². The minimum Gasteiger partial charge on any atom is -0.298 e. The number of hydrogen-bond donors (Lipinski definition) is 0. The van der Waals surface area contributed by atoms with Crippen LogP contribution in [0.2, 0.25) is 0 Å². The maximum Gasteiger partial charge on any atom is 0.192 e. The molecule has 0 spiro atoms. The molecule has 0 amide bonds. The second-order valence-electron chi connectivity index (χ2n) is 6.12. The third-order valence-electron chi connectivity index (χ3n) is 4.14. The number of nitrogens with zero attached hydrogens (tertiary/aromatic N) is 4. The zero-order chi connectivity index (χ0) is 20.2. The maximum atomic E-state index is 14.2.